The van der Waals surface area contributed by atoms with Gasteiger partial charge in [0.2, 0.25) is 0 Å². The second-order valence-corrected chi connectivity index (χ2v) is 5.88. The molecule has 1 aliphatic rings. The SMILES string of the molecule is CCc1ccc(COc2ccc3c(c2)OCC3N)s1. The molecule has 0 bridgehead atoms. The zero-order chi connectivity index (χ0) is 13.2. The van der Waals surface area contributed by atoms with E-state index in [1.54, 1.807) is 11.3 Å². The van der Waals surface area contributed by atoms with Crippen molar-refractivity contribution >= 4 is 11.3 Å². The lowest BCUT2D eigenvalue weighted by atomic mass is 10.1. The summed E-state index contributed by atoms with van der Waals surface area (Å²) >= 11 is 1.80. The maximum absolute atomic E-state index is 5.92. The normalized spacial score (nSPS) is 17.1. The highest BCUT2D eigenvalue weighted by Gasteiger charge is 2.20. The zero-order valence-electron chi connectivity index (χ0n) is 10.9. The van der Waals surface area contributed by atoms with Crippen molar-refractivity contribution in [1.29, 1.82) is 0 Å². The second kappa shape index (κ2) is 5.23. The molecule has 3 rings (SSSR count). The summed E-state index contributed by atoms with van der Waals surface area (Å²) in [6, 6.07) is 10.2. The predicted octanol–water partition coefficient (Wildman–Crippen LogP) is 3.28. The Kier molecular flexibility index (Phi) is 3.44. The fourth-order valence-electron chi connectivity index (χ4n) is 2.15. The summed E-state index contributed by atoms with van der Waals surface area (Å²) in [6.07, 6.45) is 1.08. The van der Waals surface area contributed by atoms with Crippen molar-refractivity contribution in [2.24, 2.45) is 5.73 Å². The molecule has 1 aromatic heterocycles. The molecule has 0 fully saturated rings. The average molecular weight is 275 g/mol. The minimum absolute atomic E-state index is 0.00606. The van der Waals surface area contributed by atoms with E-state index in [4.69, 9.17) is 15.2 Å². The van der Waals surface area contributed by atoms with Gasteiger partial charge in [0.05, 0.1) is 6.04 Å². The van der Waals surface area contributed by atoms with Crippen molar-refractivity contribution in [2.45, 2.75) is 26.0 Å². The molecule has 2 heterocycles. The van der Waals surface area contributed by atoms with E-state index in [1.165, 1.54) is 9.75 Å². The van der Waals surface area contributed by atoms with Crippen LogP contribution in [-0.2, 0) is 13.0 Å². The van der Waals surface area contributed by atoms with E-state index in [1.807, 2.05) is 18.2 Å². The van der Waals surface area contributed by atoms with Gasteiger partial charge in [-0.15, -0.1) is 11.3 Å². The van der Waals surface area contributed by atoms with Crippen molar-refractivity contribution < 1.29 is 9.47 Å². The Morgan fingerprint density at radius 2 is 2.16 bits per heavy atom. The molecule has 1 aromatic carbocycles. The van der Waals surface area contributed by atoms with Crippen molar-refractivity contribution in [2.75, 3.05) is 6.61 Å². The maximum Gasteiger partial charge on any atom is 0.127 e. The third-order valence-electron chi connectivity index (χ3n) is 3.25. The van der Waals surface area contributed by atoms with Crippen molar-refractivity contribution in [3.8, 4) is 11.5 Å². The lowest BCUT2D eigenvalue weighted by Crippen LogP contribution is -2.10. The van der Waals surface area contributed by atoms with Crippen LogP contribution in [0.3, 0.4) is 0 Å². The highest BCUT2D eigenvalue weighted by Crippen LogP contribution is 2.34. The standard InChI is InChI=1S/C15H17NO2S/c1-2-11-4-5-12(19-11)8-17-10-3-6-13-14(16)9-18-15(13)7-10/h3-7,14H,2,8-9,16H2,1H3. The van der Waals surface area contributed by atoms with Crippen molar-refractivity contribution in [3.05, 3.63) is 45.6 Å². The van der Waals surface area contributed by atoms with Crippen LogP contribution in [0.1, 0.15) is 28.3 Å². The van der Waals surface area contributed by atoms with E-state index >= 15 is 0 Å². The van der Waals surface area contributed by atoms with Crippen LogP contribution in [0.5, 0.6) is 11.5 Å². The molecule has 100 valence electrons. The van der Waals surface area contributed by atoms with Gasteiger partial charge < -0.3 is 15.2 Å². The van der Waals surface area contributed by atoms with Crippen LogP contribution in [0.15, 0.2) is 30.3 Å². The summed E-state index contributed by atoms with van der Waals surface area (Å²) in [4.78, 5) is 2.64. The van der Waals surface area contributed by atoms with Gasteiger partial charge in [-0.25, -0.2) is 0 Å². The Bertz CT molecular complexity index is 579. The van der Waals surface area contributed by atoms with E-state index in [9.17, 15) is 0 Å². The van der Waals surface area contributed by atoms with Gasteiger partial charge in [-0.3, -0.25) is 0 Å². The van der Waals surface area contributed by atoms with Gasteiger partial charge >= 0.3 is 0 Å². The molecule has 4 heteroatoms. The van der Waals surface area contributed by atoms with Gasteiger partial charge in [-0.05, 0) is 30.7 Å². The molecule has 2 aromatic rings. The number of nitrogens with two attached hydrogens (primary N) is 1. The Morgan fingerprint density at radius 3 is 2.95 bits per heavy atom. The van der Waals surface area contributed by atoms with Gasteiger partial charge in [0, 0.05) is 21.4 Å². The molecule has 0 spiro atoms. The Hall–Kier alpha value is -1.52. The minimum Gasteiger partial charge on any atom is -0.491 e. The topological polar surface area (TPSA) is 44.5 Å². The number of aryl methyl sites for hydroxylation is 1. The highest BCUT2D eigenvalue weighted by atomic mass is 32.1. The first-order valence-corrected chi connectivity index (χ1v) is 7.30. The minimum atomic E-state index is -0.00606. The van der Waals surface area contributed by atoms with Crippen molar-refractivity contribution in [1.82, 2.24) is 0 Å². The number of rotatable bonds is 4. The Balaban J connectivity index is 1.67. The van der Waals surface area contributed by atoms with E-state index in [2.05, 4.69) is 19.1 Å². The summed E-state index contributed by atoms with van der Waals surface area (Å²) in [5.74, 6) is 1.68. The van der Waals surface area contributed by atoms with Crippen LogP contribution in [0.25, 0.3) is 0 Å². The Morgan fingerprint density at radius 1 is 1.32 bits per heavy atom. The van der Waals surface area contributed by atoms with Crippen LogP contribution in [0, 0.1) is 0 Å². The van der Waals surface area contributed by atoms with Crippen LogP contribution in [0.4, 0.5) is 0 Å². The second-order valence-electron chi connectivity index (χ2n) is 4.63. The molecule has 0 saturated carbocycles. The Labute approximate surface area is 117 Å². The van der Waals surface area contributed by atoms with E-state index < -0.39 is 0 Å². The first-order valence-electron chi connectivity index (χ1n) is 6.49. The summed E-state index contributed by atoms with van der Waals surface area (Å²) in [5.41, 5.74) is 6.98. The molecule has 3 nitrogen and oxygen atoms in total. The molecular formula is C15H17NO2S. The molecule has 1 aliphatic heterocycles. The number of fused-ring (bicyclic) bond motifs is 1. The lowest BCUT2D eigenvalue weighted by molar-refractivity contribution is 0.304. The van der Waals surface area contributed by atoms with E-state index in [0.29, 0.717) is 13.2 Å². The van der Waals surface area contributed by atoms with E-state index in [-0.39, 0.29) is 6.04 Å². The molecule has 0 radical (unpaired) electrons. The predicted molar refractivity (Wildman–Crippen MR) is 76.9 cm³/mol. The largest absolute Gasteiger partial charge is 0.491 e. The number of thiophene rings is 1. The first-order chi connectivity index (χ1) is 9.26. The molecular weight excluding hydrogens is 258 g/mol. The lowest BCUT2D eigenvalue weighted by Gasteiger charge is -2.07. The molecule has 0 aliphatic carbocycles. The molecule has 0 saturated heterocycles. The summed E-state index contributed by atoms with van der Waals surface area (Å²) in [5, 5.41) is 0. The zero-order valence-corrected chi connectivity index (χ0v) is 11.7. The van der Waals surface area contributed by atoms with E-state index in [0.717, 1.165) is 23.5 Å². The van der Waals surface area contributed by atoms with Gasteiger partial charge in [-0.2, -0.15) is 0 Å². The average Bonchev–Trinajstić information content (AvgIpc) is 3.03. The summed E-state index contributed by atoms with van der Waals surface area (Å²) < 4.78 is 11.3. The smallest absolute Gasteiger partial charge is 0.127 e. The number of benzene rings is 1. The van der Waals surface area contributed by atoms with Crippen LogP contribution < -0.4 is 15.2 Å². The maximum atomic E-state index is 5.92. The molecule has 19 heavy (non-hydrogen) atoms. The van der Waals surface area contributed by atoms with Crippen LogP contribution in [-0.4, -0.2) is 6.61 Å². The van der Waals surface area contributed by atoms with Crippen LogP contribution >= 0.6 is 11.3 Å². The third-order valence-corrected chi connectivity index (χ3v) is 4.45. The monoisotopic (exact) mass is 275 g/mol. The molecule has 1 unspecified atom stereocenters. The quantitative estimate of drug-likeness (QED) is 0.931. The number of hydrogen-bond donors (Lipinski definition) is 1. The first kappa shape index (κ1) is 12.5. The fraction of sp³-hybridized carbons (Fsp3) is 0.333. The van der Waals surface area contributed by atoms with Gasteiger partial charge in [-0.1, -0.05) is 6.92 Å². The van der Waals surface area contributed by atoms with Gasteiger partial charge in [0.25, 0.3) is 0 Å². The van der Waals surface area contributed by atoms with Gasteiger partial charge in [0.15, 0.2) is 0 Å². The molecule has 0 amide bonds. The highest BCUT2D eigenvalue weighted by molar-refractivity contribution is 7.11. The molecule has 2 N–H and O–H groups in total. The van der Waals surface area contributed by atoms with Crippen molar-refractivity contribution in [3.63, 3.8) is 0 Å². The number of ether oxygens (including phenoxy) is 2. The summed E-state index contributed by atoms with van der Waals surface area (Å²) in [6.45, 7) is 3.33. The van der Waals surface area contributed by atoms with Gasteiger partial charge in [0.1, 0.15) is 24.7 Å². The molecule has 1 atom stereocenters. The number of hydrogen-bond acceptors (Lipinski definition) is 4. The fourth-order valence-corrected chi connectivity index (χ4v) is 3.02. The third kappa shape index (κ3) is 2.60. The van der Waals surface area contributed by atoms with Crippen LogP contribution in [0.2, 0.25) is 0 Å². The summed E-state index contributed by atoms with van der Waals surface area (Å²) in [7, 11) is 0.